The van der Waals surface area contributed by atoms with Gasteiger partial charge in [-0.05, 0) is 45.8 Å². The Bertz CT molecular complexity index is 561. The van der Waals surface area contributed by atoms with Crippen molar-refractivity contribution in [2.24, 2.45) is 0 Å². The highest BCUT2D eigenvalue weighted by atomic mass is 79.9. The third kappa shape index (κ3) is 3.05. The lowest BCUT2D eigenvalue weighted by Gasteiger charge is -2.08. The van der Waals surface area contributed by atoms with Gasteiger partial charge in [-0.25, -0.2) is 4.98 Å². The number of benzene rings is 1. The summed E-state index contributed by atoms with van der Waals surface area (Å²) in [5.41, 5.74) is 2.51. The summed E-state index contributed by atoms with van der Waals surface area (Å²) in [6.45, 7) is 0.666. The minimum absolute atomic E-state index is 0.441. The first-order valence-electron chi connectivity index (χ1n) is 5.13. The molecule has 0 fully saturated rings. The van der Waals surface area contributed by atoms with Crippen molar-refractivity contribution in [3.8, 4) is 6.07 Å². The number of para-hydroxylation sites is 1. The molecule has 0 atom stereocenters. The van der Waals surface area contributed by atoms with Crippen molar-refractivity contribution in [1.82, 2.24) is 4.98 Å². The zero-order valence-corrected chi connectivity index (χ0v) is 10.6. The van der Waals surface area contributed by atoms with Crippen LogP contribution in [0.15, 0.2) is 47.1 Å². The van der Waals surface area contributed by atoms with E-state index in [1.807, 2.05) is 36.4 Å². The van der Waals surface area contributed by atoms with Crippen LogP contribution in [-0.2, 0) is 6.54 Å². The number of anilines is 1. The van der Waals surface area contributed by atoms with Gasteiger partial charge in [-0.1, -0.05) is 12.1 Å². The lowest BCUT2D eigenvalue weighted by molar-refractivity contribution is 1.11. The van der Waals surface area contributed by atoms with Crippen molar-refractivity contribution >= 4 is 21.6 Å². The van der Waals surface area contributed by atoms with Crippen molar-refractivity contribution in [2.75, 3.05) is 5.32 Å². The van der Waals surface area contributed by atoms with Crippen molar-refractivity contribution in [3.63, 3.8) is 0 Å². The Morgan fingerprint density at radius 2 is 2.12 bits per heavy atom. The smallest absolute Gasteiger partial charge is 0.140 e. The number of hydrogen-bond acceptors (Lipinski definition) is 3. The maximum atomic E-state index is 8.75. The summed E-state index contributed by atoms with van der Waals surface area (Å²) in [6, 6.07) is 13.6. The average Bonchev–Trinajstić information content (AvgIpc) is 2.38. The van der Waals surface area contributed by atoms with E-state index in [9.17, 15) is 0 Å². The van der Waals surface area contributed by atoms with Crippen LogP contribution in [0.5, 0.6) is 0 Å². The molecule has 1 aromatic carbocycles. The number of halogens is 1. The molecule has 1 heterocycles. The molecule has 0 unspecified atom stereocenters. The molecule has 17 heavy (non-hydrogen) atoms. The molecular formula is C13H10BrN3. The van der Waals surface area contributed by atoms with Crippen molar-refractivity contribution in [3.05, 3.63) is 58.3 Å². The van der Waals surface area contributed by atoms with Gasteiger partial charge < -0.3 is 5.32 Å². The van der Waals surface area contributed by atoms with E-state index < -0.39 is 0 Å². The highest BCUT2D eigenvalue weighted by Gasteiger charge is 1.99. The van der Waals surface area contributed by atoms with Gasteiger partial charge in [-0.3, -0.25) is 0 Å². The molecule has 0 saturated heterocycles. The fraction of sp³-hybridized carbons (Fsp3) is 0.0769. The van der Waals surface area contributed by atoms with Gasteiger partial charge in [0.1, 0.15) is 11.8 Å². The van der Waals surface area contributed by atoms with E-state index in [1.54, 1.807) is 12.3 Å². The van der Waals surface area contributed by atoms with Gasteiger partial charge in [0.05, 0.1) is 0 Å². The number of pyridine rings is 1. The lowest BCUT2D eigenvalue weighted by atomic mass is 10.2. The van der Waals surface area contributed by atoms with Crippen molar-refractivity contribution in [1.29, 1.82) is 5.26 Å². The molecule has 0 spiro atoms. The van der Waals surface area contributed by atoms with Crippen LogP contribution in [0.4, 0.5) is 5.69 Å². The van der Waals surface area contributed by atoms with Crippen LogP contribution in [-0.4, -0.2) is 4.98 Å². The second-order valence-electron chi connectivity index (χ2n) is 3.49. The van der Waals surface area contributed by atoms with Crippen LogP contribution in [0.2, 0.25) is 0 Å². The first-order valence-corrected chi connectivity index (χ1v) is 5.92. The molecule has 2 aromatic rings. The molecular weight excluding hydrogens is 278 g/mol. The molecule has 0 radical (unpaired) electrons. The molecule has 0 aliphatic rings. The van der Waals surface area contributed by atoms with Gasteiger partial charge in [0.15, 0.2) is 0 Å². The van der Waals surface area contributed by atoms with Crippen LogP contribution in [0.3, 0.4) is 0 Å². The number of nitrogens with one attached hydrogen (secondary N) is 1. The first-order chi connectivity index (χ1) is 8.29. The highest BCUT2D eigenvalue weighted by Crippen LogP contribution is 2.21. The van der Waals surface area contributed by atoms with Crippen LogP contribution in [0, 0.1) is 11.3 Å². The van der Waals surface area contributed by atoms with Gasteiger partial charge in [0.25, 0.3) is 0 Å². The average molecular weight is 288 g/mol. The Morgan fingerprint density at radius 3 is 2.88 bits per heavy atom. The van der Waals surface area contributed by atoms with E-state index in [-0.39, 0.29) is 0 Å². The zero-order chi connectivity index (χ0) is 12.1. The summed E-state index contributed by atoms with van der Waals surface area (Å²) >= 11 is 3.47. The van der Waals surface area contributed by atoms with E-state index in [4.69, 9.17) is 5.26 Å². The number of rotatable bonds is 3. The highest BCUT2D eigenvalue weighted by molar-refractivity contribution is 9.10. The third-order valence-electron chi connectivity index (χ3n) is 2.30. The minimum Gasteiger partial charge on any atom is -0.380 e. The van der Waals surface area contributed by atoms with E-state index in [0.717, 1.165) is 15.7 Å². The quantitative estimate of drug-likeness (QED) is 0.942. The maximum absolute atomic E-state index is 8.75. The molecule has 4 heteroatoms. The molecule has 3 nitrogen and oxygen atoms in total. The fourth-order valence-electron chi connectivity index (χ4n) is 1.45. The van der Waals surface area contributed by atoms with Crippen molar-refractivity contribution in [2.45, 2.75) is 6.54 Å². The number of nitriles is 1. The Kier molecular flexibility index (Phi) is 3.73. The second kappa shape index (κ2) is 5.46. The maximum Gasteiger partial charge on any atom is 0.140 e. The molecule has 0 amide bonds. The van der Waals surface area contributed by atoms with Gasteiger partial charge in [-0.15, -0.1) is 0 Å². The normalized spacial score (nSPS) is 9.65. The van der Waals surface area contributed by atoms with Gasteiger partial charge >= 0.3 is 0 Å². The molecule has 0 aliphatic heterocycles. The molecule has 1 N–H and O–H groups in total. The zero-order valence-electron chi connectivity index (χ0n) is 9.02. The summed E-state index contributed by atoms with van der Waals surface area (Å²) in [5, 5.41) is 12.0. The van der Waals surface area contributed by atoms with E-state index in [0.29, 0.717) is 12.2 Å². The van der Waals surface area contributed by atoms with Crippen molar-refractivity contribution < 1.29 is 0 Å². The number of aromatic nitrogens is 1. The third-order valence-corrected chi connectivity index (χ3v) is 2.99. The SMILES string of the molecule is N#Cc1cc(CNc2ccccc2Br)ccn1. The largest absolute Gasteiger partial charge is 0.380 e. The minimum atomic E-state index is 0.441. The number of hydrogen-bond donors (Lipinski definition) is 1. The van der Waals surface area contributed by atoms with Crippen LogP contribution in [0.1, 0.15) is 11.3 Å². The number of nitrogens with zero attached hydrogens (tertiary/aromatic N) is 2. The summed E-state index contributed by atoms with van der Waals surface area (Å²) < 4.78 is 1.02. The Balaban J connectivity index is 2.08. The van der Waals surface area contributed by atoms with E-state index >= 15 is 0 Å². The summed E-state index contributed by atoms with van der Waals surface area (Å²) in [4.78, 5) is 3.93. The monoisotopic (exact) mass is 287 g/mol. The summed E-state index contributed by atoms with van der Waals surface area (Å²) in [6.07, 6.45) is 1.65. The molecule has 0 bridgehead atoms. The second-order valence-corrected chi connectivity index (χ2v) is 4.35. The molecule has 84 valence electrons. The molecule has 1 aromatic heterocycles. The Hall–Kier alpha value is -1.86. The van der Waals surface area contributed by atoms with Crippen LogP contribution >= 0.6 is 15.9 Å². The first kappa shape index (κ1) is 11.6. The summed E-state index contributed by atoms with van der Waals surface area (Å²) in [5.74, 6) is 0. The van der Waals surface area contributed by atoms with Crippen LogP contribution < -0.4 is 5.32 Å². The molecule has 2 rings (SSSR count). The Morgan fingerprint density at radius 1 is 1.29 bits per heavy atom. The lowest BCUT2D eigenvalue weighted by Crippen LogP contribution is -2.00. The molecule has 0 aliphatic carbocycles. The topological polar surface area (TPSA) is 48.7 Å². The Labute approximate surface area is 108 Å². The van der Waals surface area contributed by atoms with Crippen LogP contribution in [0.25, 0.3) is 0 Å². The molecule has 0 saturated carbocycles. The van der Waals surface area contributed by atoms with Gasteiger partial charge in [0, 0.05) is 22.9 Å². The van der Waals surface area contributed by atoms with E-state index in [1.165, 1.54) is 0 Å². The van der Waals surface area contributed by atoms with Gasteiger partial charge in [0.2, 0.25) is 0 Å². The predicted molar refractivity (Wildman–Crippen MR) is 70.4 cm³/mol. The van der Waals surface area contributed by atoms with Gasteiger partial charge in [-0.2, -0.15) is 5.26 Å². The summed E-state index contributed by atoms with van der Waals surface area (Å²) in [7, 11) is 0. The standard InChI is InChI=1S/C13H10BrN3/c14-12-3-1-2-4-13(12)17-9-10-5-6-16-11(7-10)8-15/h1-7,17H,9H2. The van der Waals surface area contributed by atoms with E-state index in [2.05, 4.69) is 26.2 Å². The fourth-order valence-corrected chi connectivity index (χ4v) is 1.87. The predicted octanol–water partition coefficient (Wildman–Crippen LogP) is 3.33.